The van der Waals surface area contributed by atoms with Gasteiger partial charge in [-0.2, -0.15) is 0 Å². The molecule has 0 N–H and O–H groups in total. The van der Waals surface area contributed by atoms with E-state index in [1.54, 1.807) is 0 Å². The van der Waals surface area contributed by atoms with Crippen LogP contribution in [0.5, 0.6) is 0 Å². The quantitative estimate of drug-likeness (QED) is 0.814. The van der Waals surface area contributed by atoms with Gasteiger partial charge in [-0.05, 0) is 25.3 Å². The standard InChI is InChI=1S/C13H14O2S/c1-10(2)15-16(14)13-9-5-7-11-6-3-4-8-12(11)13/h3-10H,1-2H3/t16-/m1/s1. The first kappa shape index (κ1) is 11.3. The second kappa shape index (κ2) is 4.76. The number of hydrogen-bond acceptors (Lipinski definition) is 2. The van der Waals surface area contributed by atoms with Gasteiger partial charge in [-0.25, -0.2) is 4.21 Å². The highest BCUT2D eigenvalue weighted by molar-refractivity contribution is 7.80. The number of fused-ring (bicyclic) bond motifs is 1. The lowest BCUT2D eigenvalue weighted by molar-refractivity contribution is 0.270. The average molecular weight is 234 g/mol. The first-order valence-corrected chi connectivity index (χ1v) is 6.32. The Labute approximate surface area is 97.9 Å². The first-order valence-electron chi connectivity index (χ1n) is 5.25. The lowest BCUT2D eigenvalue weighted by Crippen LogP contribution is -2.06. The van der Waals surface area contributed by atoms with E-state index >= 15 is 0 Å². The van der Waals surface area contributed by atoms with Crippen LogP contribution in [0.4, 0.5) is 0 Å². The molecule has 0 bridgehead atoms. The molecule has 0 unspecified atom stereocenters. The second-order valence-corrected chi connectivity index (χ2v) is 4.96. The third-order valence-corrected chi connectivity index (χ3v) is 3.48. The maximum absolute atomic E-state index is 12.0. The van der Waals surface area contributed by atoms with E-state index in [0.29, 0.717) is 0 Å². The molecule has 2 rings (SSSR count). The third kappa shape index (κ3) is 2.31. The van der Waals surface area contributed by atoms with Crippen molar-refractivity contribution in [2.45, 2.75) is 24.8 Å². The Morgan fingerprint density at radius 2 is 1.75 bits per heavy atom. The molecule has 3 heteroatoms. The molecule has 2 aromatic rings. The molecule has 0 aromatic heterocycles. The van der Waals surface area contributed by atoms with Crippen LogP contribution in [-0.4, -0.2) is 10.3 Å². The molecule has 0 amide bonds. The van der Waals surface area contributed by atoms with Crippen LogP contribution < -0.4 is 0 Å². The summed E-state index contributed by atoms with van der Waals surface area (Å²) in [7, 11) is 0. The third-order valence-electron chi connectivity index (χ3n) is 2.21. The SMILES string of the molecule is CC(C)O[S@@](=O)c1cccc2ccccc12. The minimum atomic E-state index is -1.39. The summed E-state index contributed by atoms with van der Waals surface area (Å²) in [6.07, 6.45) is -0.0419. The Hall–Kier alpha value is -1.19. The molecule has 0 aliphatic heterocycles. The van der Waals surface area contributed by atoms with Gasteiger partial charge in [0.25, 0.3) is 0 Å². The molecule has 0 spiro atoms. The Bertz CT molecular complexity index is 515. The van der Waals surface area contributed by atoms with Gasteiger partial charge in [-0.15, -0.1) is 0 Å². The highest BCUT2D eigenvalue weighted by Crippen LogP contribution is 2.22. The molecule has 0 aliphatic rings. The van der Waals surface area contributed by atoms with Gasteiger partial charge >= 0.3 is 0 Å². The van der Waals surface area contributed by atoms with Crippen LogP contribution in [0.15, 0.2) is 47.4 Å². The highest BCUT2D eigenvalue weighted by Gasteiger charge is 2.10. The van der Waals surface area contributed by atoms with E-state index in [4.69, 9.17) is 4.18 Å². The zero-order valence-electron chi connectivity index (χ0n) is 9.34. The fraction of sp³-hybridized carbons (Fsp3) is 0.231. The zero-order chi connectivity index (χ0) is 11.5. The van der Waals surface area contributed by atoms with Crippen LogP contribution in [0.1, 0.15) is 13.8 Å². The van der Waals surface area contributed by atoms with Crippen LogP contribution >= 0.6 is 0 Å². The van der Waals surface area contributed by atoms with E-state index in [9.17, 15) is 4.21 Å². The molecule has 0 heterocycles. The predicted molar refractivity (Wildman–Crippen MR) is 66.6 cm³/mol. The lowest BCUT2D eigenvalue weighted by atomic mass is 10.1. The van der Waals surface area contributed by atoms with Crippen molar-refractivity contribution in [3.8, 4) is 0 Å². The van der Waals surface area contributed by atoms with Crippen LogP contribution in [0.3, 0.4) is 0 Å². The summed E-state index contributed by atoms with van der Waals surface area (Å²) in [5.74, 6) is 0. The van der Waals surface area contributed by atoms with E-state index in [2.05, 4.69) is 0 Å². The Balaban J connectivity index is 2.48. The largest absolute Gasteiger partial charge is 0.284 e. The Kier molecular flexibility index (Phi) is 3.36. The fourth-order valence-corrected chi connectivity index (χ4v) is 2.58. The molecule has 2 nitrogen and oxygen atoms in total. The number of benzene rings is 2. The molecule has 1 atom stereocenters. The van der Waals surface area contributed by atoms with E-state index < -0.39 is 11.1 Å². The summed E-state index contributed by atoms with van der Waals surface area (Å²) in [5.41, 5.74) is 0. The van der Waals surface area contributed by atoms with Gasteiger partial charge in [0.15, 0.2) is 11.1 Å². The molecule has 0 radical (unpaired) electrons. The van der Waals surface area contributed by atoms with Gasteiger partial charge in [-0.3, -0.25) is 4.18 Å². The molecule has 0 saturated carbocycles. The van der Waals surface area contributed by atoms with Crippen LogP contribution in [0, 0.1) is 0 Å². The summed E-state index contributed by atoms with van der Waals surface area (Å²) in [6.45, 7) is 3.76. The number of hydrogen-bond donors (Lipinski definition) is 0. The van der Waals surface area contributed by atoms with E-state index in [1.165, 1.54) is 0 Å². The van der Waals surface area contributed by atoms with Gasteiger partial charge < -0.3 is 0 Å². The zero-order valence-corrected chi connectivity index (χ0v) is 10.2. The molecule has 16 heavy (non-hydrogen) atoms. The van der Waals surface area contributed by atoms with Crippen molar-refractivity contribution < 1.29 is 8.39 Å². The monoisotopic (exact) mass is 234 g/mol. The fourth-order valence-electron chi connectivity index (χ4n) is 1.57. The first-order chi connectivity index (χ1) is 7.68. The Morgan fingerprint density at radius 3 is 2.50 bits per heavy atom. The highest BCUT2D eigenvalue weighted by atomic mass is 32.2. The maximum Gasteiger partial charge on any atom is 0.190 e. The van der Waals surface area contributed by atoms with Gasteiger partial charge in [0.1, 0.15) is 0 Å². The van der Waals surface area contributed by atoms with Crippen molar-refractivity contribution in [1.82, 2.24) is 0 Å². The topological polar surface area (TPSA) is 26.3 Å². The van der Waals surface area contributed by atoms with Crippen molar-refractivity contribution in [1.29, 1.82) is 0 Å². The van der Waals surface area contributed by atoms with Crippen molar-refractivity contribution >= 4 is 21.9 Å². The number of rotatable bonds is 3. The van der Waals surface area contributed by atoms with Crippen molar-refractivity contribution in [3.05, 3.63) is 42.5 Å². The summed E-state index contributed by atoms with van der Waals surface area (Å²) >= 11 is -1.39. The minimum Gasteiger partial charge on any atom is -0.284 e. The molecule has 0 fully saturated rings. The Morgan fingerprint density at radius 1 is 1.06 bits per heavy atom. The summed E-state index contributed by atoms with van der Waals surface area (Å²) in [5, 5.41) is 2.07. The molecule has 0 saturated heterocycles. The molecular weight excluding hydrogens is 220 g/mol. The van der Waals surface area contributed by atoms with Gasteiger partial charge in [0.2, 0.25) is 0 Å². The molecular formula is C13H14O2S. The van der Waals surface area contributed by atoms with Crippen molar-refractivity contribution in [2.75, 3.05) is 0 Å². The lowest BCUT2D eigenvalue weighted by Gasteiger charge is -2.08. The van der Waals surface area contributed by atoms with Gasteiger partial charge in [0.05, 0.1) is 11.0 Å². The average Bonchev–Trinajstić information content (AvgIpc) is 2.27. The summed E-state index contributed by atoms with van der Waals surface area (Å²) in [6, 6.07) is 13.6. The molecule has 84 valence electrons. The smallest absolute Gasteiger partial charge is 0.190 e. The van der Waals surface area contributed by atoms with Crippen molar-refractivity contribution in [2.24, 2.45) is 0 Å². The second-order valence-electron chi connectivity index (χ2n) is 3.86. The van der Waals surface area contributed by atoms with Crippen LogP contribution in [-0.2, 0) is 15.3 Å². The van der Waals surface area contributed by atoms with E-state index in [0.717, 1.165) is 15.7 Å². The maximum atomic E-state index is 12.0. The van der Waals surface area contributed by atoms with E-state index in [-0.39, 0.29) is 6.10 Å². The molecule has 0 aliphatic carbocycles. The minimum absolute atomic E-state index is 0.0419. The van der Waals surface area contributed by atoms with Crippen molar-refractivity contribution in [3.63, 3.8) is 0 Å². The van der Waals surface area contributed by atoms with Gasteiger partial charge in [0, 0.05) is 5.39 Å². The summed E-state index contributed by atoms with van der Waals surface area (Å²) < 4.78 is 17.3. The predicted octanol–water partition coefficient (Wildman–Crippen LogP) is 3.29. The normalized spacial score (nSPS) is 13.2. The molecule has 2 aromatic carbocycles. The van der Waals surface area contributed by atoms with Crippen LogP contribution in [0.2, 0.25) is 0 Å². The van der Waals surface area contributed by atoms with E-state index in [1.807, 2.05) is 56.3 Å². The van der Waals surface area contributed by atoms with Gasteiger partial charge in [-0.1, -0.05) is 36.4 Å². The van der Waals surface area contributed by atoms with Crippen LogP contribution in [0.25, 0.3) is 10.8 Å². The summed E-state index contributed by atoms with van der Waals surface area (Å²) in [4.78, 5) is 0.742.